The first-order valence-corrected chi connectivity index (χ1v) is 6.05. The monoisotopic (exact) mass is 253 g/mol. The average molecular weight is 254 g/mol. The highest BCUT2D eigenvalue weighted by Crippen LogP contribution is 2.27. The highest BCUT2D eigenvalue weighted by atomic mass is 35.5. The molecule has 5 heteroatoms. The van der Waals surface area contributed by atoms with E-state index in [4.69, 9.17) is 22.5 Å². The van der Waals surface area contributed by atoms with E-state index in [1.165, 1.54) is 12.8 Å². The van der Waals surface area contributed by atoms with Crippen LogP contribution in [0.15, 0.2) is 23.4 Å². The highest BCUT2D eigenvalue weighted by molar-refractivity contribution is 6.31. The summed E-state index contributed by atoms with van der Waals surface area (Å²) in [5, 5.41) is 15.5. The van der Waals surface area contributed by atoms with Crippen LogP contribution in [0, 0.1) is 5.92 Å². The number of nitrogens with two attached hydrogens (primary N) is 1. The summed E-state index contributed by atoms with van der Waals surface area (Å²) in [5.41, 5.74) is 7.14. The molecule has 1 aromatic rings. The van der Waals surface area contributed by atoms with Gasteiger partial charge in [-0.3, -0.25) is 0 Å². The summed E-state index contributed by atoms with van der Waals surface area (Å²) in [7, 11) is 0. The Bertz CT molecular complexity index is 430. The van der Waals surface area contributed by atoms with Crippen molar-refractivity contribution in [2.24, 2.45) is 16.8 Å². The maximum absolute atomic E-state index is 8.57. The van der Waals surface area contributed by atoms with Crippen LogP contribution in [0.3, 0.4) is 0 Å². The number of nitrogens with one attached hydrogen (secondary N) is 1. The van der Waals surface area contributed by atoms with Gasteiger partial charge in [0.1, 0.15) is 0 Å². The van der Waals surface area contributed by atoms with Crippen LogP contribution in [0.2, 0.25) is 5.02 Å². The molecule has 0 radical (unpaired) electrons. The first kappa shape index (κ1) is 12.2. The molecule has 0 aromatic heterocycles. The fourth-order valence-corrected chi connectivity index (χ4v) is 1.89. The Morgan fingerprint density at radius 2 is 2.29 bits per heavy atom. The van der Waals surface area contributed by atoms with Crippen molar-refractivity contribution in [2.45, 2.75) is 19.4 Å². The fourth-order valence-electron chi connectivity index (χ4n) is 1.64. The van der Waals surface area contributed by atoms with Gasteiger partial charge in [0.25, 0.3) is 0 Å². The maximum Gasteiger partial charge on any atom is 0.170 e. The van der Waals surface area contributed by atoms with Crippen LogP contribution >= 0.6 is 11.6 Å². The molecule has 1 fully saturated rings. The zero-order valence-electron chi connectivity index (χ0n) is 9.49. The first-order chi connectivity index (χ1) is 8.20. The fraction of sp³-hybridized carbons (Fsp3) is 0.417. The summed E-state index contributed by atoms with van der Waals surface area (Å²) in [6.45, 7) is 1.81. The van der Waals surface area contributed by atoms with Crippen molar-refractivity contribution in [1.82, 2.24) is 5.32 Å². The SMILES string of the molecule is N/C(=N/O)c1ccc(CNCC2CC2)c(Cl)c1. The third kappa shape index (κ3) is 3.35. The van der Waals surface area contributed by atoms with Crippen molar-refractivity contribution in [1.29, 1.82) is 0 Å². The minimum atomic E-state index is 0.0735. The van der Waals surface area contributed by atoms with Gasteiger partial charge < -0.3 is 16.3 Å². The average Bonchev–Trinajstić information content (AvgIpc) is 3.14. The van der Waals surface area contributed by atoms with E-state index in [-0.39, 0.29) is 5.84 Å². The lowest BCUT2D eigenvalue weighted by molar-refractivity contribution is 0.318. The molecule has 0 spiro atoms. The Kier molecular flexibility index (Phi) is 3.86. The molecule has 1 aliphatic carbocycles. The van der Waals surface area contributed by atoms with Gasteiger partial charge in [-0.2, -0.15) is 0 Å². The van der Waals surface area contributed by atoms with E-state index in [1.54, 1.807) is 12.1 Å². The van der Waals surface area contributed by atoms with Crippen molar-refractivity contribution in [3.8, 4) is 0 Å². The second-order valence-electron chi connectivity index (χ2n) is 4.37. The van der Waals surface area contributed by atoms with E-state index >= 15 is 0 Å². The van der Waals surface area contributed by atoms with Crippen LogP contribution in [-0.2, 0) is 6.54 Å². The number of hydrogen-bond donors (Lipinski definition) is 3. The number of amidine groups is 1. The molecule has 1 aromatic carbocycles. The van der Waals surface area contributed by atoms with E-state index in [1.807, 2.05) is 6.07 Å². The van der Waals surface area contributed by atoms with Gasteiger partial charge in [-0.25, -0.2) is 0 Å². The van der Waals surface area contributed by atoms with Gasteiger partial charge in [0.05, 0.1) is 0 Å². The Morgan fingerprint density at radius 1 is 1.53 bits per heavy atom. The number of oxime groups is 1. The quantitative estimate of drug-likeness (QED) is 0.325. The topological polar surface area (TPSA) is 70.6 Å². The molecule has 4 nitrogen and oxygen atoms in total. The van der Waals surface area contributed by atoms with Crippen molar-refractivity contribution in [3.63, 3.8) is 0 Å². The highest BCUT2D eigenvalue weighted by Gasteiger charge is 2.20. The third-order valence-corrected chi connectivity index (χ3v) is 3.25. The first-order valence-electron chi connectivity index (χ1n) is 5.67. The largest absolute Gasteiger partial charge is 0.409 e. The second-order valence-corrected chi connectivity index (χ2v) is 4.77. The molecule has 0 aliphatic heterocycles. The maximum atomic E-state index is 8.57. The Balaban J connectivity index is 1.97. The van der Waals surface area contributed by atoms with Gasteiger partial charge in [0.15, 0.2) is 5.84 Å². The molecule has 92 valence electrons. The summed E-state index contributed by atoms with van der Waals surface area (Å²) < 4.78 is 0. The van der Waals surface area contributed by atoms with Crippen LogP contribution in [0.1, 0.15) is 24.0 Å². The Hall–Kier alpha value is -1.26. The summed E-state index contributed by atoms with van der Waals surface area (Å²) >= 11 is 6.13. The predicted octanol–water partition coefficient (Wildman–Crippen LogP) is 1.93. The Labute approximate surface area is 105 Å². The van der Waals surface area contributed by atoms with Crippen LogP contribution in [0.5, 0.6) is 0 Å². The van der Waals surface area contributed by atoms with Crippen LogP contribution in [0.4, 0.5) is 0 Å². The van der Waals surface area contributed by atoms with Gasteiger partial charge in [0, 0.05) is 17.1 Å². The summed E-state index contributed by atoms with van der Waals surface area (Å²) in [6, 6.07) is 5.41. The molecular formula is C12H16ClN3O. The summed E-state index contributed by atoms with van der Waals surface area (Å²) in [5.74, 6) is 0.926. The molecule has 0 amide bonds. The van der Waals surface area contributed by atoms with Gasteiger partial charge in [0.2, 0.25) is 0 Å². The normalized spacial score (nSPS) is 16.2. The lowest BCUT2D eigenvalue weighted by atomic mass is 10.1. The zero-order chi connectivity index (χ0) is 12.3. The van der Waals surface area contributed by atoms with Crippen molar-refractivity contribution < 1.29 is 5.21 Å². The number of hydrogen-bond acceptors (Lipinski definition) is 3. The molecule has 0 bridgehead atoms. The van der Waals surface area contributed by atoms with Gasteiger partial charge in [-0.1, -0.05) is 28.9 Å². The van der Waals surface area contributed by atoms with E-state index in [0.29, 0.717) is 10.6 Å². The lowest BCUT2D eigenvalue weighted by Crippen LogP contribution is -2.17. The van der Waals surface area contributed by atoms with E-state index in [2.05, 4.69) is 10.5 Å². The molecule has 0 heterocycles. The molecule has 1 saturated carbocycles. The Morgan fingerprint density at radius 3 is 2.88 bits per heavy atom. The minimum Gasteiger partial charge on any atom is -0.409 e. The summed E-state index contributed by atoms with van der Waals surface area (Å²) in [6.07, 6.45) is 2.67. The van der Waals surface area contributed by atoms with Gasteiger partial charge in [-0.15, -0.1) is 0 Å². The second kappa shape index (κ2) is 5.38. The molecule has 0 atom stereocenters. The third-order valence-electron chi connectivity index (χ3n) is 2.90. The van der Waals surface area contributed by atoms with Crippen LogP contribution in [-0.4, -0.2) is 17.6 Å². The minimum absolute atomic E-state index is 0.0735. The zero-order valence-corrected chi connectivity index (χ0v) is 10.2. The van der Waals surface area contributed by atoms with E-state index in [9.17, 15) is 0 Å². The number of nitrogens with zero attached hydrogens (tertiary/aromatic N) is 1. The molecule has 2 rings (SSSR count). The van der Waals surface area contributed by atoms with Gasteiger partial charge >= 0.3 is 0 Å². The van der Waals surface area contributed by atoms with Crippen molar-refractivity contribution >= 4 is 17.4 Å². The van der Waals surface area contributed by atoms with Crippen LogP contribution in [0.25, 0.3) is 0 Å². The lowest BCUT2D eigenvalue weighted by Gasteiger charge is -2.07. The standard InChI is InChI=1S/C12H16ClN3O/c13-11-5-9(12(14)16-17)3-4-10(11)7-15-6-8-1-2-8/h3-5,8,15,17H,1-2,6-7H2,(H2,14,16). The summed E-state index contributed by atoms with van der Waals surface area (Å²) in [4.78, 5) is 0. The van der Waals surface area contributed by atoms with Gasteiger partial charge in [-0.05, 0) is 36.9 Å². The molecule has 0 unspecified atom stereocenters. The molecule has 1 aliphatic rings. The van der Waals surface area contributed by atoms with E-state index < -0.39 is 0 Å². The molecule has 17 heavy (non-hydrogen) atoms. The van der Waals surface area contributed by atoms with Crippen LogP contribution < -0.4 is 11.1 Å². The molecular weight excluding hydrogens is 238 g/mol. The number of rotatable bonds is 5. The predicted molar refractivity (Wildman–Crippen MR) is 68.4 cm³/mol. The van der Waals surface area contributed by atoms with Crippen molar-refractivity contribution in [2.75, 3.05) is 6.54 Å². The van der Waals surface area contributed by atoms with Crippen molar-refractivity contribution in [3.05, 3.63) is 34.3 Å². The number of benzene rings is 1. The number of halogens is 1. The molecule has 0 saturated heterocycles. The smallest absolute Gasteiger partial charge is 0.170 e. The van der Waals surface area contributed by atoms with E-state index in [0.717, 1.165) is 24.6 Å². The molecule has 4 N–H and O–H groups in total.